The van der Waals surface area contributed by atoms with Gasteiger partial charge in [-0.3, -0.25) is 9.59 Å². The average Bonchev–Trinajstić information content (AvgIpc) is 3.25. The minimum atomic E-state index is -4.84. The number of alkyl halides is 9. The molecule has 1 N–H and O–H groups in total. The fourth-order valence-electron chi connectivity index (χ4n) is 7.36. The topological polar surface area (TPSA) is 97.8 Å². The Morgan fingerprint density at radius 2 is 0.944 bits per heavy atom. The second-order valence-electron chi connectivity index (χ2n) is 17.0. The molecule has 22 heteroatoms. The van der Waals surface area contributed by atoms with Gasteiger partial charge in [0.15, 0.2) is 0 Å². The van der Waals surface area contributed by atoms with Gasteiger partial charge < -0.3 is 33.9 Å². The largest absolute Gasteiger partial charge is 0.573 e. The number of carbonyl (C=O) groups excluding carboxylic acids is 1. The van der Waals surface area contributed by atoms with E-state index in [9.17, 15) is 62.3 Å². The Morgan fingerprint density at radius 3 is 1.32 bits per heavy atom. The van der Waals surface area contributed by atoms with Gasteiger partial charge in [0.05, 0.1) is 15.8 Å². The number of hydrogen-bond acceptors (Lipinski definition) is 8. The average molecular weight is 1080 g/mol. The molecule has 0 amide bonds. The molecule has 2 aliphatic rings. The van der Waals surface area contributed by atoms with Crippen molar-refractivity contribution in [2.45, 2.75) is 97.1 Å². The summed E-state index contributed by atoms with van der Waals surface area (Å²) in [6.45, 7) is 7.07. The van der Waals surface area contributed by atoms with Gasteiger partial charge >= 0.3 is 31.0 Å². The maximum Gasteiger partial charge on any atom is 0.573 e. The third kappa shape index (κ3) is 18.4. The molecule has 5 aromatic rings. The third-order valence-corrected chi connectivity index (χ3v) is 10.9. The molecular formula is C49H45BrF12N2O7. The quantitative estimate of drug-likeness (QED) is 0.102. The normalized spacial score (nSPS) is 13.6. The molecule has 7 rings (SSSR count). The highest BCUT2D eigenvalue weighted by molar-refractivity contribution is 9.10. The van der Waals surface area contributed by atoms with Gasteiger partial charge in [-0.15, -0.1) is 39.5 Å². The highest BCUT2D eigenvalue weighted by Crippen LogP contribution is 2.35. The van der Waals surface area contributed by atoms with Crippen LogP contribution in [0.4, 0.5) is 64.1 Å². The van der Waals surface area contributed by atoms with Gasteiger partial charge in [-0.25, -0.2) is 13.2 Å². The van der Waals surface area contributed by atoms with Crippen molar-refractivity contribution in [3.8, 4) is 17.2 Å². The van der Waals surface area contributed by atoms with Crippen LogP contribution in [0.3, 0.4) is 0 Å². The van der Waals surface area contributed by atoms with Gasteiger partial charge in [-0.1, -0.05) is 36.4 Å². The molecule has 0 atom stereocenters. The molecule has 2 aliphatic heterocycles. The van der Waals surface area contributed by atoms with Gasteiger partial charge in [0, 0.05) is 51.2 Å². The lowest BCUT2D eigenvalue weighted by atomic mass is 9.95. The number of fused-ring (bicyclic) bond motifs is 2. The van der Waals surface area contributed by atoms with Crippen molar-refractivity contribution in [1.29, 1.82) is 0 Å². The summed E-state index contributed by atoms with van der Waals surface area (Å²) in [7, 11) is 0. The van der Waals surface area contributed by atoms with Crippen molar-refractivity contribution in [2.75, 3.05) is 22.9 Å². The first kappa shape index (κ1) is 55.6. The number of aryl methyl sites for hydroxylation is 2. The second-order valence-corrected chi connectivity index (χ2v) is 17.8. The van der Waals surface area contributed by atoms with Gasteiger partial charge in [0.2, 0.25) is 0 Å². The number of aliphatic carboxylic acids is 1. The lowest BCUT2D eigenvalue weighted by Gasteiger charge is -2.31. The van der Waals surface area contributed by atoms with Crippen molar-refractivity contribution >= 4 is 39.2 Å². The Kier molecular flexibility index (Phi) is 18.2. The maximum absolute atomic E-state index is 14.3. The van der Waals surface area contributed by atoms with E-state index < -0.39 is 65.4 Å². The lowest BCUT2D eigenvalue weighted by Crippen LogP contribution is -2.31. The number of benzene rings is 5. The van der Waals surface area contributed by atoms with Crippen LogP contribution in [0.1, 0.15) is 67.0 Å². The zero-order chi connectivity index (χ0) is 52.5. The summed E-state index contributed by atoms with van der Waals surface area (Å²) in [6, 6.07) is 20.1. The molecule has 0 bridgehead atoms. The third-order valence-electron chi connectivity index (χ3n) is 10.3. The summed E-state index contributed by atoms with van der Waals surface area (Å²) in [5.41, 5.74) is 5.54. The Balaban J connectivity index is 0.000000214. The summed E-state index contributed by atoms with van der Waals surface area (Å²) < 4.78 is 167. The fraction of sp³-hybridized carbons (Fsp3) is 0.347. The molecule has 5 aromatic carbocycles. The Labute approximate surface area is 408 Å². The highest BCUT2D eigenvalue weighted by atomic mass is 79.9. The first-order chi connectivity index (χ1) is 33.0. The molecule has 0 unspecified atom stereocenters. The van der Waals surface area contributed by atoms with Crippen LogP contribution in [0, 0.1) is 17.5 Å². The van der Waals surface area contributed by atoms with Crippen molar-refractivity contribution in [2.24, 2.45) is 0 Å². The standard InChI is InChI=1S/C23H25F4NO3.C19H17F4NO3.C7H3BrF4O/c1-22(2,3)31-21(29)9-5-15-4-6-17-14-28(11-10-16(17)12-15)20-13-18(7-8-19(20)24)30-23(25,26)27;20-16-5-4-15(27-19(21,22)23)10-17(16)24-8-7-13-9-12(2-6-18(25)26)1-3-14(13)11-24;8-5-3-4(1-2-6(5)9)13-7(10,11)12/h4,6-8,12-13H,5,9-11,14H2,1-3H3;1,3-5,9-10H,2,6-8,11H2,(H,25,26);1-3H. The number of anilines is 2. The van der Waals surface area contributed by atoms with E-state index in [4.69, 9.17) is 9.84 Å². The van der Waals surface area contributed by atoms with Crippen molar-refractivity contribution in [1.82, 2.24) is 0 Å². The Bertz CT molecular complexity index is 2650. The lowest BCUT2D eigenvalue weighted by molar-refractivity contribution is -0.275. The zero-order valence-corrected chi connectivity index (χ0v) is 39.5. The minimum absolute atomic E-state index is 0.0438. The van der Waals surface area contributed by atoms with E-state index in [1.54, 1.807) is 9.80 Å². The van der Waals surface area contributed by atoms with Crippen LogP contribution < -0.4 is 24.0 Å². The van der Waals surface area contributed by atoms with E-state index in [1.807, 2.05) is 57.2 Å². The van der Waals surface area contributed by atoms with Crippen LogP contribution in [0.25, 0.3) is 0 Å². The molecule has 0 aliphatic carbocycles. The van der Waals surface area contributed by atoms with Crippen LogP contribution in [-0.4, -0.2) is 54.8 Å². The molecule has 0 spiro atoms. The molecule has 0 fully saturated rings. The molecule has 0 aromatic heterocycles. The number of halogens is 13. The van der Waals surface area contributed by atoms with E-state index in [0.717, 1.165) is 88.0 Å². The minimum Gasteiger partial charge on any atom is -0.481 e. The Hall–Kier alpha value is -6.32. The molecule has 0 saturated carbocycles. The van der Waals surface area contributed by atoms with Crippen LogP contribution in [0.5, 0.6) is 17.2 Å². The smallest absolute Gasteiger partial charge is 0.481 e. The summed E-state index contributed by atoms with van der Waals surface area (Å²) in [6.07, 6.45) is -11.9. The predicted octanol–water partition coefficient (Wildman–Crippen LogP) is 13.4. The molecule has 0 radical (unpaired) electrons. The monoisotopic (exact) mass is 1080 g/mol. The first-order valence-corrected chi connectivity index (χ1v) is 22.2. The van der Waals surface area contributed by atoms with E-state index >= 15 is 0 Å². The van der Waals surface area contributed by atoms with Crippen molar-refractivity contribution < 1.29 is 86.3 Å². The molecule has 0 saturated heterocycles. The van der Waals surface area contributed by atoms with Crippen LogP contribution in [0.2, 0.25) is 0 Å². The molecule has 71 heavy (non-hydrogen) atoms. The highest BCUT2D eigenvalue weighted by Gasteiger charge is 2.34. The number of ether oxygens (including phenoxy) is 4. The maximum atomic E-state index is 14.3. The number of carboxylic acid groups (broad SMARTS) is 1. The fourth-order valence-corrected chi connectivity index (χ4v) is 7.72. The summed E-state index contributed by atoms with van der Waals surface area (Å²) in [5.74, 6) is -4.36. The Morgan fingerprint density at radius 1 is 0.549 bits per heavy atom. The molecule has 9 nitrogen and oxygen atoms in total. The van der Waals surface area contributed by atoms with Crippen molar-refractivity contribution in [3.63, 3.8) is 0 Å². The second kappa shape index (κ2) is 23.3. The van der Waals surface area contributed by atoms with Crippen LogP contribution in [-0.2, 0) is 53.1 Å². The summed E-state index contributed by atoms with van der Waals surface area (Å²) >= 11 is 2.73. The zero-order valence-electron chi connectivity index (χ0n) is 37.9. The summed E-state index contributed by atoms with van der Waals surface area (Å²) in [5, 5.41) is 8.77. The van der Waals surface area contributed by atoms with E-state index in [2.05, 4.69) is 30.1 Å². The van der Waals surface area contributed by atoms with Gasteiger partial charge in [0.1, 0.15) is 40.3 Å². The molecule has 2 heterocycles. The molecule has 384 valence electrons. The van der Waals surface area contributed by atoms with E-state index in [0.29, 0.717) is 51.9 Å². The number of carboxylic acids is 1. The summed E-state index contributed by atoms with van der Waals surface area (Å²) in [4.78, 5) is 26.0. The van der Waals surface area contributed by atoms with Crippen LogP contribution >= 0.6 is 15.9 Å². The number of rotatable bonds is 11. The number of hydrogen-bond donors (Lipinski definition) is 1. The SMILES string of the molecule is CC(C)(C)OC(=O)CCc1ccc2c(c1)CCN(c1cc(OC(F)(F)F)ccc1F)C2.Fc1ccc(OC(F)(F)F)cc1Br.O=C(O)CCc1ccc2c(c1)CCN(c1cc(OC(F)(F)F)ccc1F)C2. The van der Waals surface area contributed by atoms with Crippen molar-refractivity contribution in [3.05, 3.63) is 146 Å². The van der Waals surface area contributed by atoms with Gasteiger partial charge in [-0.2, -0.15) is 0 Å². The van der Waals surface area contributed by atoms with E-state index in [1.165, 1.54) is 0 Å². The van der Waals surface area contributed by atoms with Gasteiger partial charge in [-0.05, 0) is 138 Å². The number of nitrogens with zero attached hydrogens (tertiary/aromatic N) is 2. The number of esters is 1. The number of carbonyl (C=O) groups is 2. The predicted molar refractivity (Wildman–Crippen MR) is 239 cm³/mol. The van der Waals surface area contributed by atoms with E-state index in [-0.39, 0.29) is 34.7 Å². The molecular weight excluding hydrogens is 1040 g/mol. The van der Waals surface area contributed by atoms with Gasteiger partial charge in [0.25, 0.3) is 0 Å². The van der Waals surface area contributed by atoms with Crippen LogP contribution in [0.15, 0.2) is 95.5 Å². The first-order valence-electron chi connectivity index (χ1n) is 21.5.